The van der Waals surface area contributed by atoms with E-state index in [2.05, 4.69) is 20.5 Å². The predicted octanol–water partition coefficient (Wildman–Crippen LogP) is 2.82. The quantitative estimate of drug-likeness (QED) is 0.689. The van der Waals surface area contributed by atoms with Crippen LogP contribution in [-0.2, 0) is 0 Å². The molecule has 0 unspecified atom stereocenters. The number of nitrogens with zero attached hydrogens (tertiary/aromatic N) is 6. The molecule has 9 heteroatoms. The number of rotatable bonds is 4. The van der Waals surface area contributed by atoms with Crippen LogP contribution in [-0.4, -0.2) is 49.0 Å². The third kappa shape index (κ3) is 3.17. The summed E-state index contributed by atoms with van der Waals surface area (Å²) in [4.78, 5) is 18.8. The maximum atomic E-state index is 14.0. The Balaban J connectivity index is 1.32. The van der Waals surface area contributed by atoms with Crippen molar-refractivity contribution in [3.63, 3.8) is 0 Å². The van der Waals surface area contributed by atoms with Crippen molar-refractivity contribution in [2.24, 2.45) is 0 Å². The number of hydrogen-bond acceptors (Lipinski definition) is 6. The number of aromatic nitrogens is 5. The van der Waals surface area contributed by atoms with Gasteiger partial charge >= 0.3 is 0 Å². The number of benzene rings is 1. The molecule has 2 aliphatic rings. The third-order valence-corrected chi connectivity index (χ3v) is 5.28. The molecule has 1 saturated heterocycles. The van der Waals surface area contributed by atoms with Crippen molar-refractivity contribution in [1.29, 1.82) is 0 Å². The number of halogens is 1. The Kier molecular flexibility index (Phi) is 4.14. The molecule has 2 aromatic heterocycles. The smallest absolute Gasteiger partial charge is 0.280 e. The Hall–Kier alpha value is -3.10. The summed E-state index contributed by atoms with van der Waals surface area (Å²) in [7, 11) is 0. The van der Waals surface area contributed by atoms with Crippen LogP contribution in [0.2, 0.25) is 0 Å². The summed E-state index contributed by atoms with van der Waals surface area (Å²) < 4.78 is 21.0. The molecule has 0 bridgehead atoms. The molecule has 28 heavy (non-hydrogen) atoms. The van der Waals surface area contributed by atoms with Gasteiger partial charge in [0.05, 0.1) is 17.8 Å². The Morgan fingerprint density at radius 2 is 2.07 bits per heavy atom. The van der Waals surface area contributed by atoms with Gasteiger partial charge in [-0.05, 0) is 37.8 Å². The van der Waals surface area contributed by atoms with Gasteiger partial charge in [0.2, 0.25) is 0 Å². The molecule has 2 fully saturated rings. The number of hydrogen-bond donors (Lipinski definition) is 0. The predicted molar refractivity (Wildman–Crippen MR) is 95.9 cm³/mol. The van der Waals surface area contributed by atoms with E-state index in [1.54, 1.807) is 27.9 Å². The summed E-state index contributed by atoms with van der Waals surface area (Å²) in [6.45, 7) is 1.05. The summed E-state index contributed by atoms with van der Waals surface area (Å²) in [6.07, 6.45) is 5.64. The average molecular weight is 382 g/mol. The maximum Gasteiger partial charge on any atom is 0.280 e. The monoisotopic (exact) mass is 382 g/mol. The first kappa shape index (κ1) is 17.0. The minimum Gasteiger partial charge on any atom is -0.336 e. The second-order valence-electron chi connectivity index (χ2n) is 7.34. The van der Waals surface area contributed by atoms with Gasteiger partial charge in [-0.2, -0.15) is 4.98 Å². The van der Waals surface area contributed by atoms with Gasteiger partial charge in [0.15, 0.2) is 11.5 Å². The lowest BCUT2D eigenvalue weighted by molar-refractivity contribution is 0.0667. The molecule has 0 spiro atoms. The minimum atomic E-state index is -0.500. The Labute approximate surface area is 160 Å². The lowest BCUT2D eigenvalue weighted by Crippen LogP contribution is -2.41. The van der Waals surface area contributed by atoms with Gasteiger partial charge < -0.3 is 9.42 Å². The van der Waals surface area contributed by atoms with Gasteiger partial charge in [-0.1, -0.05) is 22.5 Å². The van der Waals surface area contributed by atoms with Gasteiger partial charge in [0.1, 0.15) is 5.82 Å². The van der Waals surface area contributed by atoms with Gasteiger partial charge in [-0.3, -0.25) is 4.79 Å². The molecule has 8 nitrogen and oxygen atoms in total. The number of likely N-dealkylation sites (tertiary alicyclic amines) is 1. The van der Waals surface area contributed by atoms with E-state index in [4.69, 9.17) is 4.52 Å². The van der Waals surface area contributed by atoms with E-state index in [0.717, 1.165) is 31.5 Å². The van der Waals surface area contributed by atoms with E-state index >= 15 is 0 Å². The molecule has 1 saturated carbocycles. The van der Waals surface area contributed by atoms with E-state index in [1.165, 1.54) is 12.1 Å². The molecule has 3 heterocycles. The number of amides is 1. The molecule has 0 N–H and O–H groups in total. The molecule has 1 aromatic carbocycles. The SMILES string of the molecule is O=C(c1ccccc1F)N1CCC[C@@H](n2cc(-c3nc(C4CC4)no3)nn2)C1. The fraction of sp³-hybridized carbons (Fsp3) is 0.421. The highest BCUT2D eigenvalue weighted by Crippen LogP contribution is 2.38. The lowest BCUT2D eigenvalue weighted by Gasteiger charge is -2.32. The van der Waals surface area contributed by atoms with Crippen molar-refractivity contribution < 1.29 is 13.7 Å². The van der Waals surface area contributed by atoms with Crippen LogP contribution in [0.15, 0.2) is 35.0 Å². The zero-order valence-electron chi connectivity index (χ0n) is 15.2. The molecule has 1 aliphatic carbocycles. The molecular weight excluding hydrogens is 363 g/mol. The first-order chi connectivity index (χ1) is 13.7. The van der Waals surface area contributed by atoms with Crippen LogP contribution in [0.4, 0.5) is 4.39 Å². The van der Waals surface area contributed by atoms with Gasteiger partial charge in [0.25, 0.3) is 11.8 Å². The Morgan fingerprint density at radius 1 is 1.21 bits per heavy atom. The van der Waals surface area contributed by atoms with Crippen LogP contribution >= 0.6 is 0 Å². The van der Waals surface area contributed by atoms with E-state index in [1.807, 2.05) is 0 Å². The van der Waals surface area contributed by atoms with Crippen molar-refractivity contribution in [3.8, 4) is 11.6 Å². The second-order valence-corrected chi connectivity index (χ2v) is 7.34. The van der Waals surface area contributed by atoms with Crippen LogP contribution in [0, 0.1) is 5.82 Å². The summed E-state index contributed by atoms with van der Waals surface area (Å²) in [6, 6.07) is 6.03. The van der Waals surface area contributed by atoms with Crippen LogP contribution in [0.3, 0.4) is 0 Å². The first-order valence-corrected chi connectivity index (χ1v) is 9.48. The van der Waals surface area contributed by atoms with Crippen molar-refractivity contribution >= 4 is 5.91 Å². The van der Waals surface area contributed by atoms with Gasteiger partial charge in [-0.15, -0.1) is 5.10 Å². The largest absolute Gasteiger partial charge is 0.336 e. The topological polar surface area (TPSA) is 89.9 Å². The van der Waals surface area contributed by atoms with Crippen molar-refractivity contribution in [2.45, 2.75) is 37.6 Å². The first-order valence-electron chi connectivity index (χ1n) is 9.48. The average Bonchev–Trinajstić information content (AvgIpc) is 3.25. The van der Waals surface area contributed by atoms with Crippen LogP contribution in [0.5, 0.6) is 0 Å². The third-order valence-electron chi connectivity index (χ3n) is 5.28. The fourth-order valence-corrected chi connectivity index (χ4v) is 3.56. The fourth-order valence-electron chi connectivity index (χ4n) is 3.56. The number of carbonyl (C=O) groups excluding carboxylic acids is 1. The second kappa shape index (κ2) is 6.81. The highest BCUT2D eigenvalue weighted by Gasteiger charge is 2.30. The van der Waals surface area contributed by atoms with E-state index in [0.29, 0.717) is 30.6 Å². The molecule has 144 valence electrons. The van der Waals surface area contributed by atoms with Crippen molar-refractivity contribution in [2.75, 3.05) is 13.1 Å². The molecule has 3 aromatic rings. The Bertz CT molecular complexity index is 1010. The lowest BCUT2D eigenvalue weighted by atomic mass is 10.0. The molecule has 1 aliphatic heterocycles. The van der Waals surface area contributed by atoms with Crippen LogP contribution in [0.1, 0.15) is 53.8 Å². The molecule has 5 rings (SSSR count). The summed E-state index contributed by atoms with van der Waals surface area (Å²) in [5.41, 5.74) is 0.623. The zero-order chi connectivity index (χ0) is 19.1. The van der Waals surface area contributed by atoms with Crippen molar-refractivity contribution in [3.05, 3.63) is 47.7 Å². The number of carbonyl (C=O) groups is 1. The molecule has 1 amide bonds. The van der Waals surface area contributed by atoms with Crippen LogP contribution < -0.4 is 0 Å². The highest BCUT2D eigenvalue weighted by molar-refractivity contribution is 5.94. The van der Waals surface area contributed by atoms with Crippen molar-refractivity contribution in [1.82, 2.24) is 30.0 Å². The Morgan fingerprint density at radius 3 is 2.89 bits per heavy atom. The number of piperidine rings is 1. The standard InChI is InChI=1S/C19H19FN6O2/c20-15-6-2-1-5-14(15)19(27)25-9-3-4-13(10-25)26-11-16(22-24-26)18-21-17(23-28-18)12-7-8-12/h1-2,5-6,11-13H,3-4,7-10H2/t13-/m1/s1. The van der Waals surface area contributed by atoms with E-state index in [9.17, 15) is 9.18 Å². The normalized spacial score (nSPS) is 19.8. The van der Waals surface area contributed by atoms with E-state index < -0.39 is 5.82 Å². The summed E-state index contributed by atoms with van der Waals surface area (Å²) in [5, 5.41) is 12.3. The van der Waals surface area contributed by atoms with Gasteiger partial charge in [-0.25, -0.2) is 9.07 Å². The van der Waals surface area contributed by atoms with Gasteiger partial charge in [0, 0.05) is 19.0 Å². The van der Waals surface area contributed by atoms with E-state index in [-0.39, 0.29) is 17.5 Å². The van der Waals surface area contributed by atoms with Crippen LogP contribution in [0.25, 0.3) is 11.6 Å². The molecule has 0 radical (unpaired) electrons. The molecular formula is C19H19FN6O2. The minimum absolute atomic E-state index is 0.0310. The summed E-state index contributed by atoms with van der Waals surface area (Å²) in [5.74, 6) is 0.700. The maximum absolute atomic E-state index is 14.0. The highest BCUT2D eigenvalue weighted by atomic mass is 19.1. The summed E-state index contributed by atoms with van der Waals surface area (Å²) >= 11 is 0. The zero-order valence-corrected chi connectivity index (χ0v) is 15.2. The molecule has 1 atom stereocenters.